The Balaban J connectivity index is 2.22. The minimum atomic E-state index is -3.84. The zero-order valence-corrected chi connectivity index (χ0v) is 15.9. The second kappa shape index (κ2) is 12.0. The fraction of sp³-hybridized carbons (Fsp3) is 0.667. The second-order valence-electron chi connectivity index (χ2n) is 6.30. The fourth-order valence-corrected chi connectivity index (χ4v) is 3.98. The van der Waals surface area contributed by atoms with Crippen molar-refractivity contribution in [2.24, 2.45) is 0 Å². The molecule has 0 heterocycles. The number of unbranched alkanes of at least 4 members (excludes halogenated alkanes) is 9. The van der Waals surface area contributed by atoms with Crippen molar-refractivity contribution in [3.8, 4) is 0 Å². The molecule has 0 saturated heterocycles. The SMILES string of the molecule is CCCCCCCCCCCCNS(=O)(=O)c1ccccc1[N+](=O)[O-]. The third-order valence-corrected chi connectivity index (χ3v) is 5.68. The van der Waals surface area contributed by atoms with Gasteiger partial charge in [-0.05, 0) is 12.5 Å². The van der Waals surface area contributed by atoms with Crippen LogP contribution in [0.25, 0.3) is 0 Å². The molecule has 0 saturated carbocycles. The first-order chi connectivity index (χ1) is 12.0. The second-order valence-corrected chi connectivity index (χ2v) is 8.04. The van der Waals surface area contributed by atoms with Crippen LogP contribution in [0.3, 0.4) is 0 Å². The lowest BCUT2D eigenvalue weighted by molar-refractivity contribution is -0.387. The number of nitro groups is 1. The third-order valence-electron chi connectivity index (χ3n) is 4.17. The highest BCUT2D eigenvalue weighted by Gasteiger charge is 2.24. The van der Waals surface area contributed by atoms with E-state index in [1.54, 1.807) is 0 Å². The zero-order valence-electron chi connectivity index (χ0n) is 15.1. The Bertz CT molecular complexity index is 617. The van der Waals surface area contributed by atoms with Gasteiger partial charge in [-0.3, -0.25) is 10.1 Å². The van der Waals surface area contributed by atoms with Gasteiger partial charge in [0.25, 0.3) is 5.69 Å². The van der Waals surface area contributed by atoms with Crippen molar-refractivity contribution in [3.63, 3.8) is 0 Å². The summed E-state index contributed by atoms with van der Waals surface area (Å²) in [6.07, 6.45) is 11.7. The molecule has 1 rings (SSSR count). The molecule has 0 aliphatic heterocycles. The van der Waals surface area contributed by atoms with Crippen molar-refractivity contribution in [1.29, 1.82) is 0 Å². The van der Waals surface area contributed by atoms with E-state index < -0.39 is 20.6 Å². The minimum Gasteiger partial charge on any atom is -0.258 e. The molecule has 0 amide bonds. The van der Waals surface area contributed by atoms with E-state index in [2.05, 4.69) is 11.6 Å². The third kappa shape index (κ3) is 8.45. The van der Waals surface area contributed by atoms with Crippen LogP contribution in [0.15, 0.2) is 29.2 Å². The highest BCUT2D eigenvalue weighted by molar-refractivity contribution is 7.89. The van der Waals surface area contributed by atoms with Gasteiger partial charge in [0.05, 0.1) is 4.92 Å². The van der Waals surface area contributed by atoms with Gasteiger partial charge >= 0.3 is 0 Å². The van der Waals surface area contributed by atoms with E-state index in [1.807, 2.05) is 0 Å². The molecule has 0 aromatic heterocycles. The minimum absolute atomic E-state index is 0.271. The smallest absolute Gasteiger partial charge is 0.258 e. The van der Waals surface area contributed by atoms with Gasteiger partial charge in [0.1, 0.15) is 0 Å². The summed E-state index contributed by atoms with van der Waals surface area (Å²) >= 11 is 0. The maximum Gasteiger partial charge on any atom is 0.289 e. The van der Waals surface area contributed by atoms with Crippen LogP contribution in [0.4, 0.5) is 5.69 Å². The Kier molecular flexibility index (Phi) is 10.3. The molecule has 0 unspecified atom stereocenters. The molecule has 0 spiro atoms. The number of nitro benzene ring substituents is 1. The number of hydrogen-bond donors (Lipinski definition) is 1. The molecule has 1 aromatic rings. The number of rotatable bonds is 14. The van der Waals surface area contributed by atoms with Crippen LogP contribution in [0.2, 0.25) is 0 Å². The first-order valence-electron chi connectivity index (χ1n) is 9.22. The molecule has 0 aliphatic carbocycles. The number of benzene rings is 1. The van der Waals surface area contributed by atoms with E-state index in [9.17, 15) is 18.5 Å². The number of para-hydroxylation sites is 1. The quantitative estimate of drug-likeness (QED) is 0.289. The molecule has 25 heavy (non-hydrogen) atoms. The van der Waals surface area contributed by atoms with Crippen LogP contribution in [-0.4, -0.2) is 19.9 Å². The molecule has 1 aromatic carbocycles. The highest BCUT2D eigenvalue weighted by atomic mass is 32.2. The summed E-state index contributed by atoms with van der Waals surface area (Å²) in [7, 11) is -3.84. The van der Waals surface area contributed by atoms with E-state index in [0.717, 1.165) is 19.3 Å². The van der Waals surface area contributed by atoms with Crippen LogP contribution in [0.1, 0.15) is 71.1 Å². The molecule has 0 atom stereocenters. The molecule has 0 aliphatic rings. The average molecular weight is 371 g/mol. The summed E-state index contributed by atoms with van der Waals surface area (Å²) in [5.74, 6) is 0. The van der Waals surface area contributed by atoms with Crippen LogP contribution in [0, 0.1) is 10.1 Å². The highest BCUT2D eigenvalue weighted by Crippen LogP contribution is 2.22. The molecule has 1 N–H and O–H groups in total. The molecule has 7 heteroatoms. The van der Waals surface area contributed by atoms with Gasteiger partial charge < -0.3 is 0 Å². The van der Waals surface area contributed by atoms with E-state index in [-0.39, 0.29) is 4.90 Å². The van der Waals surface area contributed by atoms with E-state index in [1.165, 1.54) is 69.2 Å². The lowest BCUT2D eigenvalue weighted by atomic mass is 10.1. The molecule has 0 bridgehead atoms. The lowest BCUT2D eigenvalue weighted by Gasteiger charge is -2.07. The predicted octanol–water partition coefficient (Wildman–Crippen LogP) is 4.79. The molecule has 0 fully saturated rings. The Morgan fingerprint density at radius 3 is 2.00 bits per heavy atom. The molecule has 142 valence electrons. The maximum atomic E-state index is 12.2. The van der Waals surface area contributed by atoms with E-state index in [0.29, 0.717) is 6.54 Å². The normalized spacial score (nSPS) is 11.6. The fourth-order valence-electron chi connectivity index (χ4n) is 2.73. The van der Waals surface area contributed by atoms with Crippen LogP contribution >= 0.6 is 0 Å². The Morgan fingerprint density at radius 2 is 1.44 bits per heavy atom. The molecular formula is C18H30N2O4S. The van der Waals surface area contributed by atoms with Crippen molar-refractivity contribution < 1.29 is 13.3 Å². The van der Waals surface area contributed by atoms with E-state index in [4.69, 9.17) is 0 Å². The van der Waals surface area contributed by atoms with Crippen molar-refractivity contribution >= 4 is 15.7 Å². The summed E-state index contributed by atoms with van der Waals surface area (Å²) in [4.78, 5) is 10.00. The van der Waals surface area contributed by atoms with Gasteiger partial charge in [-0.25, -0.2) is 13.1 Å². The number of hydrogen-bond acceptors (Lipinski definition) is 4. The van der Waals surface area contributed by atoms with Gasteiger partial charge in [0.2, 0.25) is 10.0 Å². The van der Waals surface area contributed by atoms with Crippen LogP contribution in [0.5, 0.6) is 0 Å². The summed E-state index contributed by atoms with van der Waals surface area (Å²) in [6, 6.07) is 5.41. The summed E-state index contributed by atoms with van der Waals surface area (Å²) in [5, 5.41) is 10.9. The van der Waals surface area contributed by atoms with E-state index >= 15 is 0 Å². The van der Waals surface area contributed by atoms with Crippen molar-refractivity contribution in [2.45, 2.75) is 76.0 Å². The first-order valence-corrected chi connectivity index (χ1v) is 10.7. The molecular weight excluding hydrogens is 340 g/mol. The van der Waals surface area contributed by atoms with Gasteiger partial charge in [-0.1, -0.05) is 76.8 Å². The summed E-state index contributed by atoms with van der Waals surface area (Å²) < 4.78 is 26.9. The number of nitrogens with one attached hydrogen (secondary N) is 1. The van der Waals surface area contributed by atoms with Gasteiger partial charge in [-0.15, -0.1) is 0 Å². The lowest BCUT2D eigenvalue weighted by Crippen LogP contribution is -2.25. The van der Waals surface area contributed by atoms with Crippen molar-refractivity contribution in [1.82, 2.24) is 4.72 Å². The first kappa shape index (κ1) is 21.6. The van der Waals surface area contributed by atoms with Crippen molar-refractivity contribution in [3.05, 3.63) is 34.4 Å². The van der Waals surface area contributed by atoms with Crippen LogP contribution < -0.4 is 4.72 Å². The number of sulfonamides is 1. The van der Waals surface area contributed by atoms with Crippen molar-refractivity contribution in [2.75, 3.05) is 6.54 Å². The zero-order chi connectivity index (χ0) is 18.5. The largest absolute Gasteiger partial charge is 0.289 e. The maximum absolute atomic E-state index is 12.2. The van der Waals surface area contributed by atoms with Crippen LogP contribution in [-0.2, 0) is 10.0 Å². The standard InChI is InChI=1S/C18H30N2O4S/c1-2-3-4-5-6-7-8-9-10-13-16-19-25(23,24)18-15-12-11-14-17(18)20(21)22/h11-12,14-15,19H,2-10,13,16H2,1H3. The Morgan fingerprint density at radius 1 is 0.920 bits per heavy atom. The average Bonchev–Trinajstić information content (AvgIpc) is 2.59. The Labute approximate surface area is 151 Å². The predicted molar refractivity (Wildman–Crippen MR) is 100 cm³/mol. The Hall–Kier alpha value is -1.47. The van der Waals surface area contributed by atoms with Gasteiger partial charge in [-0.2, -0.15) is 0 Å². The molecule has 6 nitrogen and oxygen atoms in total. The monoisotopic (exact) mass is 370 g/mol. The molecule has 0 radical (unpaired) electrons. The number of nitrogens with zero attached hydrogens (tertiary/aromatic N) is 1. The van der Waals surface area contributed by atoms with Gasteiger partial charge in [0, 0.05) is 12.6 Å². The topological polar surface area (TPSA) is 89.3 Å². The summed E-state index contributed by atoms with van der Waals surface area (Å²) in [6.45, 7) is 2.52. The van der Waals surface area contributed by atoms with Gasteiger partial charge in [0.15, 0.2) is 4.90 Å². The summed E-state index contributed by atoms with van der Waals surface area (Å²) in [5.41, 5.74) is -0.391.